The van der Waals surface area contributed by atoms with Crippen LogP contribution in [0.2, 0.25) is 0 Å². The van der Waals surface area contributed by atoms with Gasteiger partial charge in [0.1, 0.15) is 5.82 Å². The van der Waals surface area contributed by atoms with Crippen LogP contribution in [0.25, 0.3) is 11.1 Å². The molecule has 0 fully saturated rings. The Labute approximate surface area is 144 Å². The molecule has 24 heavy (non-hydrogen) atoms. The Bertz CT molecular complexity index is 800. The molecule has 0 saturated heterocycles. The zero-order valence-corrected chi connectivity index (χ0v) is 14.3. The maximum atomic E-state index is 14.4. The van der Waals surface area contributed by atoms with Gasteiger partial charge >= 0.3 is 0 Å². The van der Waals surface area contributed by atoms with Crippen molar-refractivity contribution in [2.45, 2.75) is 31.6 Å². The molecule has 0 spiro atoms. The van der Waals surface area contributed by atoms with E-state index in [1.165, 1.54) is 23.0 Å². The maximum Gasteiger partial charge on any atom is 0.259 e. The summed E-state index contributed by atoms with van der Waals surface area (Å²) in [7, 11) is 0. The number of aromatic nitrogens is 1. The molecule has 1 heterocycles. The first kappa shape index (κ1) is 18.2. The largest absolute Gasteiger partial charge is 0.312 e. The van der Waals surface area contributed by atoms with E-state index in [9.17, 15) is 14.0 Å². The number of nitrogens with zero attached hydrogens (tertiary/aromatic N) is 1. The van der Waals surface area contributed by atoms with Crippen LogP contribution in [-0.4, -0.2) is 20.4 Å². The Balaban J connectivity index is 2.26. The predicted molar refractivity (Wildman–Crippen MR) is 92.8 cm³/mol. The fourth-order valence-corrected chi connectivity index (χ4v) is 2.40. The van der Waals surface area contributed by atoms with Gasteiger partial charge in [-0.15, -0.1) is 0 Å². The summed E-state index contributed by atoms with van der Waals surface area (Å²) in [6.45, 7) is 3.52. The summed E-state index contributed by atoms with van der Waals surface area (Å²) in [6.07, 6.45) is 1.27. The third kappa shape index (κ3) is 4.04. The highest BCUT2D eigenvalue weighted by Crippen LogP contribution is 2.23. The van der Waals surface area contributed by atoms with Crippen molar-refractivity contribution in [3.05, 3.63) is 58.3 Å². The van der Waals surface area contributed by atoms with Crippen molar-refractivity contribution in [2.75, 3.05) is 0 Å². The summed E-state index contributed by atoms with van der Waals surface area (Å²) in [5.41, 5.74) is 3.06. The van der Waals surface area contributed by atoms with Crippen molar-refractivity contribution < 1.29 is 14.4 Å². The molecule has 1 aromatic heterocycles. The molecule has 128 valence electrons. The van der Waals surface area contributed by atoms with Crippen molar-refractivity contribution >= 4 is 18.5 Å². The fourth-order valence-electron chi connectivity index (χ4n) is 2.25. The third-order valence-electron chi connectivity index (χ3n) is 3.87. The standard InChI is InChI=1S/C17H19FN2O3S/c1-11-3-5-12(6-4-11)13-9-15(21)20(10-14(13)18)8-7-17(2,24)16(22)19-23/h3-6,9-10,23-24H,7-8H2,1-2H3,(H,19,22)/t17-/m1/s1. The fraction of sp³-hybridized carbons (Fsp3) is 0.294. The van der Waals surface area contributed by atoms with Crippen molar-refractivity contribution in [1.82, 2.24) is 10.0 Å². The SMILES string of the molecule is Cc1ccc(-c2cc(=O)n(CC[C@@](C)(S)C(=O)NO)cc2F)cc1. The Morgan fingerprint density at radius 1 is 1.38 bits per heavy atom. The number of carbonyl (C=O) groups is 1. The molecule has 2 N–H and O–H groups in total. The van der Waals surface area contributed by atoms with Crippen molar-refractivity contribution in [1.29, 1.82) is 0 Å². The Morgan fingerprint density at radius 3 is 2.58 bits per heavy atom. The molecular formula is C17H19FN2O3S. The van der Waals surface area contributed by atoms with Crippen molar-refractivity contribution in [3.8, 4) is 11.1 Å². The Hall–Kier alpha value is -2.12. The van der Waals surface area contributed by atoms with Gasteiger partial charge in [0, 0.05) is 24.4 Å². The monoisotopic (exact) mass is 350 g/mol. The van der Waals surface area contributed by atoms with Crippen LogP contribution in [0.4, 0.5) is 4.39 Å². The van der Waals surface area contributed by atoms with Gasteiger partial charge in [-0.1, -0.05) is 29.8 Å². The second-order valence-corrected chi connectivity index (χ2v) is 6.88. The minimum atomic E-state index is -1.18. The summed E-state index contributed by atoms with van der Waals surface area (Å²) < 4.78 is 14.4. The number of amides is 1. The lowest BCUT2D eigenvalue weighted by atomic mass is 10.0. The summed E-state index contributed by atoms with van der Waals surface area (Å²) in [5.74, 6) is -1.21. The van der Waals surface area contributed by atoms with Crippen LogP contribution in [0.3, 0.4) is 0 Å². The van der Waals surface area contributed by atoms with E-state index < -0.39 is 16.5 Å². The highest BCUT2D eigenvalue weighted by molar-refractivity contribution is 7.82. The van der Waals surface area contributed by atoms with E-state index in [1.54, 1.807) is 12.1 Å². The molecule has 5 nitrogen and oxygen atoms in total. The third-order valence-corrected chi connectivity index (χ3v) is 4.30. The predicted octanol–water partition coefficient (Wildman–Crippen LogP) is 2.55. The van der Waals surface area contributed by atoms with Crippen molar-refractivity contribution in [2.24, 2.45) is 0 Å². The van der Waals surface area contributed by atoms with Crippen LogP contribution in [0.5, 0.6) is 0 Å². The lowest BCUT2D eigenvalue weighted by Crippen LogP contribution is -2.40. The van der Waals surface area contributed by atoms with Gasteiger partial charge < -0.3 is 4.57 Å². The van der Waals surface area contributed by atoms with Gasteiger partial charge in [-0.2, -0.15) is 12.6 Å². The molecule has 0 bridgehead atoms. The molecule has 1 aromatic carbocycles. The first-order chi connectivity index (χ1) is 11.2. The Morgan fingerprint density at radius 2 is 2.00 bits per heavy atom. The average molecular weight is 350 g/mol. The number of pyridine rings is 1. The number of halogens is 1. The number of hydrogen-bond acceptors (Lipinski definition) is 4. The zero-order valence-electron chi connectivity index (χ0n) is 13.4. The highest BCUT2D eigenvalue weighted by Gasteiger charge is 2.28. The Kier molecular flexibility index (Phi) is 5.46. The van der Waals surface area contributed by atoms with E-state index in [0.717, 1.165) is 11.8 Å². The smallest absolute Gasteiger partial charge is 0.259 e. The molecule has 2 rings (SSSR count). The number of benzene rings is 1. The van der Waals surface area contributed by atoms with Crippen LogP contribution in [0.15, 0.2) is 41.3 Å². The van der Waals surface area contributed by atoms with Gasteiger partial charge in [-0.3, -0.25) is 14.8 Å². The number of aryl methyl sites for hydroxylation is 2. The van der Waals surface area contributed by atoms with Gasteiger partial charge in [0.25, 0.3) is 11.5 Å². The van der Waals surface area contributed by atoms with Crippen LogP contribution >= 0.6 is 12.6 Å². The number of hydrogen-bond donors (Lipinski definition) is 3. The number of hydroxylamine groups is 1. The quantitative estimate of drug-likeness (QED) is 0.441. The minimum absolute atomic E-state index is 0.0946. The second kappa shape index (κ2) is 7.19. The minimum Gasteiger partial charge on any atom is -0.312 e. The van der Waals surface area contributed by atoms with E-state index >= 15 is 0 Å². The number of rotatable bonds is 5. The molecular weight excluding hydrogens is 331 g/mol. The topological polar surface area (TPSA) is 71.3 Å². The molecule has 0 radical (unpaired) electrons. The molecule has 0 aliphatic carbocycles. The molecule has 1 amide bonds. The van der Waals surface area contributed by atoms with Crippen molar-refractivity contribution in [3.63, 3.8) is 0 Å². The molecule has 1 atom stereocenters. The lowest BCUT2D eigenvalue weighted by Gasteiger charge is -2.21. The molecule has 0 aliphatic heterocycles. The second-order valence-electron chi connectivity index (χ2n) is 5.90. The van der Waals surface area contributed by atoms with Gasteiger partial charge in [0.2, 0.25) is 0 Å². The first-order valence-electron chi connectivity index (χ1n) is 7.38. The number of nitrogens with one attached hydrogen (secondary N) is 1. The van der Waals surface area contributed by atoms with Crippen LogP contribution < -0.4 is 11.0 Å². The summed E-state index contributed by atoms with van der Waals surface area (Å²) in [4.78, 5) is 23.7. The van der Waals surface area contributed by atoms with Gasteiger partial charge in [0.15, 0.2) is 0 Å². The van der Waals surface area contributed by atoms with E-state index in [2.05, 4.69) is 12.6 Å². The molecule has 0 aliphatic rings. The van der Waals surface area contributed by atoms with Gasteiger partial charge in [0.05, 0.1) is 4.75 Å². The van der Waals surface area contributed by atoms with Gasteiger partial charge in [-0.05, 0) is 25.8 Å². The molecule has 0 saturated carbocycles. The number of thiol groups is 1. The van der Waals surface area contributed by atoms with Crippen LogP contribution in [-0.2, 0) is 11.3 Å². The lowest BCUT2D eigenvalue weighted by molar-refractivity contribution is -0.131. The summed E-state index contributed by atoms with van der Waals surface area (Å²) >= 11 is 4.16. The molecule has 2 aromatic rings. The summed E-state index contributed by atoms with van der Waals surface area (Å²) in [6, 6.07) is 8.45. The van der Waals surface area contributed by atoms with E-state index in [0.29, 0.717) is 5.56 Å². The van der Waals surface area contributed by atoms with Gasteiger partial charge in [-0.25, -0.2) is 9.87 Å². The highest BCUT2D eigenvalue weighted by atomic mass is 32.1. The number of carbonyl (C=O) groups excluding carboxylic acids is 1. The average Bonchev–Trinajstić information content (AvgIpc) is 2.55. The normalized spacial score (nSPS) is 13.4. The molecule has 7 heteroatoms. The summed E-state index contributed by atoms with van der Waals surface area (Å²) in [5, 5.41) is 8.67. The first-order valence-corrected chi connectivity index (χ1v) is 7.83. The van der Waals surface area contributed by atoms with Crippen LogP contribution in [0.1, 0.15) is 18.9 Å². The van der Waals surface area contributed by atoms with E-state index in [1.807, 2.05) is 19.1 Å². The molecule has 0 unspecified atom stereocenters. The maximum absolute atomic E-state index is 14.4. The van der Waals surface area contributed by atoms with E-state index in [4.69, 9.17) is 5.21 Å². The van der Waals surface area contributed by atoms with E-state index in [-0.39, 0.29) is 24.1 Å². The van der Waals surface area contributed by atoms with Crippen LogP contribution in [0, 0.1) is 12.7 Å². The zero-order chi connectivity index (χ0) is 17.9.